The molecule has 3 heterocycles. The van der Waals surface area contributed by atoms with Gasteiger partial charge in [-0.2, -0.15) is 0 Å². The Morgan fingerprint density at radius 2 is 0.688 bits per heavy atom. The van der Waals surface area contributed by atoms with Crippen LogP contribution in [0, 0.1) is 0 Å². The molecule has 13 rings (SSSR count). The zero-order chi connectivity index (χ0) is 42.1. The molecule has 10 aromatic carbocycles. The molecule has 13 aromatic rings. The van der Waals surface area contributed by atoms with E-state index in [0.29, 0.717) is 0 Å². The van der Waals surface area contributed by atoms with E-state index < -0.39 is 0 Å². The maximum atomic E-state index is 6.26. The lowest BCUT2D eigenvalue weighted by molar-refractivity contribution is 0.669. The van der Waals surface area contributed by atoms with Gasteiger partial charge in [0.05, 0.1) is 22.1 Å². The van der Waals surface area contributed by atoms with E-state index in [0.717, 1.165) is 61.5 Å². The minimum absolute atomic E-state index is 0.879. The van der Waals surface area contributed by atoms with Crippen LogP contribution in [0.2, 0.25) is 0 Å². The van der Waals surface area contributed by atoms with Gasteiger partial charge in [0.2, 0.25) is 0 Å². The Kier molecular flexibility index (Phi) is 8.18. The summed E-state index contributed by atoms with van der Waals surface area (Å²) in [6, 6.07) is 85.2. The normalized spacial score (nSPS) is 11.8. The third-order valence-electron chi connectivity index (χ3n) is 12.9. The van der Waals surface area contributed by atoms with Crippen molar-refractivity contribution >= 4 is 82.6 Å². The van der Waals surface area contributed by atoms with E-state index >= 15 is 0 Å². The summed E-state index contributed by atoms with van der Waals surface area (Å²) in [5, 5.41) is 7.22. The van der Waals surface area contributed by atoms with Gasteiger partial charge in [0.15, 0.2) is 0 Å². The minimum atomic E-state index is 0.879. The van der Waals surface area contributed by atoms with Gasteiger partial charge in [0.1, 0.15) is 11.2 Å². The molecule has 0 amide bonds. The number of anilines is 3. The summed E-state index contributed by atoms with van der Waals surface area (Å²) in [5.41, 5.74) is 16.8. The van der Waals surface area contributed by atoms with Crippen molar-refractivity contribution in [3.05, 3.63) is 237 Å². The van der Waals surface area contributed by atoms with Crippen molar-refractivity contribution in [1.29, 1.82) is 0 Å². The monoisotopic (exact) mass is 817 g/mol. The minimum Gasteiger partial charge on any atom is -0.456 e. The quantitative estimate of drug-likeness (QED) is 0.160. The number of fused-ring (bicyclic) bond motifs is 9. The molecule has 4 nitrogen and oxygen atoms in total. The van der Waals surface area contributed by atoms with E-state index in [1.54, 1.807) is 0 Å². The number of nitrogens with zero attached hydrogens (tertiary/aromatic N) is 3. The van der Waals surface area contributed by atoms with Gasteiger partial charge < -0.3 is 18.5 Å². The largest absolute Gasteiger partial charge is 0.456 e. The third kappa shape index (κ3) is 5.77. The van der Waals surface area contributed by atoms with Gasteiger partial charge in [-0.1, -0.05) is 133 Å². The Morgan fingerprint density at radius 1 is 0.266 bits per heavy atom. The third-order valence-corrected chi connectivity index (χ3v) is 12.9. The Labute approximate surface area is 369 Å². The van der Waals surface area contributed by atoms with Gasteiger partial charge in [0, 0.05) is 60.8 Å². The number of para-hydroxylation sites is 5. The lowest BCUT2D eigenvalue weighted by atomic mass is 10.0. The van der Waals surface area contributed by atoms with Crippen LogP contribution < -0.4 is 4.90 Å². The topological polar surface area (TPSA) is 26.2 Å². The summed E-state index contributed by atoms with van der Waals surface area (Å²) in [5.74, 6) is 0. The fraction of sp³-hybridized carbons (Fsp3) is 0. The molecule has 0 bridgehead atoms. The van der Waals surface area contributed by atoms with Crippen molar-refractivity contribution in [2.75, 3.05) is 4.90 Å². The highest BCUT2D eigenvalue weighted by Gasteiger charge is 2.18. The SMILES string of the molecule is c1ccc(-n2c3ccccc3c3cc(-c4ccc(N(c5ccc(-c6ccc(-n7c8ccccc8c8ccccc87)cc6)cc5)c5ccc6oc7ccccc7c6c5)cc4)ccc32)cc1. The molecule has 64 heavy (non-hydrogen) atoms. The summed E-state index contributed by atoms with van der Waals surface area (Å²) >= 11 is 0. The van der Waals surface area contributed by atoms with Crippen LogP contribution in [-0.2, 0) is 0 Å². The zero-order valence-corrected chi connectivity index (χ0v) is 34.8. The molecule has 300 valence electrons. The Morgan fingerprint density at radius 3 is 1.30 bits per heavy atom. The number of hydrogen-bond acceptors (Lipinski definition) is 2. The van der Waals surface area contributed by atoms with Gasteiger partial charge in [-0.05, 0) is 125 Å². The van der Waals surface area contributed by atoms with Crippen LogP contribution >= 0.6 is 0 Å². The van der Waals surface area contributed by atoms with Crippen molar-refractivity contribution in [3.63, 3.8) is 0 Å². The average molecular weight is 818 g/mol. The zero-order valence-electron chi connectivity index (χ0n) is 34.8. The van der Waals surface area contributed by atoms with Gasteiger partial charge in [-0.25, -0.2) is 0 Å². The predicted molar refractivity (Wildman–Crippen MR) is 268 cm³/mol. The van der Waals surface area contributed by atoms with Crippen molar-refractivity contribution in [2.45, 2.75) is 0 Å². The lowest BCUT2D eigenvalue weighted by Gasteiger charge is -2.26. The molecule has 4 heteroatoms. The molecule has 0 fully saturated rings. The first kappa shape index (κ1) is 36.1. The highest BCUT2D eigenvalue weighted by atomic mass is 16.3. The van der Waals surface area contributed by atoms with Crippen LogP contribution in [-0.4, -0.2) is 9.13 Å². The first-order chi connectivity index (χ1) is 31.7. The Balaban J connectivity index is 0.875. The molecule has 0 N–H and O–H groups in total. The maximum Gasteiger partial charge on any atom is 0.135 e. The lowest BCUT2D eigenvalue weighted by Crippen LogP contribution is -2.09. The molecular weight excluding hydrogens is 779 g/mol. The van der Waals surface area contributed by atoms with Gasteiger partial charge in [0.25, 0.3) is 0 Å². The second-order valence-corrected chi connectivity index (χ2v) is 16.5. The van der Waals surface area contributed by atoms with Crippen LogP contribution in [0.3, 0.4) is 0 Å². The van der Waals surface area contributed by atoms with Crippen LogP contribution in [0.15, 0.2) is 241 Å². The van der Waals surface area contributed by atoms with Gasteiger partial charge in [-0.15, -0.1) is 0 Å². The summed E-state index contributed by atoms with van der Waals surface area (Å²) in [6.07, 6.45) is 0. The van der Waals surface area contributed by atoms with Crippen LogP contribution in [0.4, 0.5) is 17.1 Å². The molecule has 0 radical (unpaired) electrons. The first-order valence-corrected chi connectivity index (χ1v) is 21.8. The molecule has 0 aliphatic heterocycles. The molecule has 0 spiro atoms. The second kappa shape index (κ2) is 14.5. The molecule has 3 aromatic heterocycles. The average Bonchev–Trinajstić information content (AvgIpc) is 4.02. The summed E-state index contributed by atoms with van der Waals surface area (Å²) in [4.78, 5) is 2.34. The van der Waals surface area contributed by atoms with Crippen LogP contribution in [0.5, 0.6) is 0 Å². The number of aromatic nitrogens is 2. The van der Waals surface area contributed by atoms with E-state index in [1.807, 2.05) is 12.1 Å². The molecule has 0 saturated carbocycles. The molecule has 0 atom stereocenters. The van der Waals surface area contributed by atoms with E-state index in [9.17, 15) is 0 Å². The van der Waals surface area contributed by atoms with E-state index in [2.05, 4.69) is 238 Å². The summed E-state index contributed by atoms with van der Waals surface area (Å²) in [7, 11) is 0. The smallest absolute Gasteiger partial charge is 0.135 e. The first-order valence-electron chi connectivity index (χ1n) is 21.8. The molecule has 0 saturated heterocycles. The van der Waals surface area contributed by atoms with E-state index in [4.69, 9.17) is 4.42 Å². The predicted octanol–water partition coefficient (Wildman–Crippen LogP) is 16.6. The Hall–Kier alpha value is -8.60. The van der Waals surface area contributed by atoms with Gasteiger partial charge >= 0.3 is 0 Å². The molecule has 0 aliphatic carbocycles. The van der Waals surface area contributed by atoms with Crippen molar-refractivity contribution < 1.29 is 4.42 Å². The fourth-order valence-corrected chi connectivity index (χ4v) is 9.92. The molecular formula is C60H39N3O. The molecule has 0 unspecified atom stereocenters. The fourth-order valence-electron chi connectivity index (χ4n) is 9.92. The Bertz CT molecular complexity index is 3820. The summed E-state index contributed by atoms with van der Waals surface area (Å²) < 4.78 is 11.0. The van der Waals surface area contributed by atoms with E-state index in [-0.39, 0.29) is 0 Å². The number of hydrogen-bond donors (Lipinski definition) is 0. The number of rotatable bonds is 7. The van der Waals surface area contributed by atoms with Crippen LogP contribution in [0.25, 0.3) is 99.2 Å². The standard InChI is InChI=1S/C60H39N3O/c1-2-12-44(13-3-1)62-57-20-10-6-16-51(57)53-38-43(28-36-58(53)62)42-26-31-46(32-27-42)61(48-35-37-60-54(39-48)52-17-7-11-21-59(52)64-60)45-29-22-40(23-30-45)41-24-33-47(34-25-41)63-55-18-8-4-14-49(55)50-15-5-9-19-56(50)63/h1-39H. The maximum absolute atomic E-state index is 6.26. The number of benzene rings is 10. The summed E-state index contributed by atoms with van der Waals surface area (Å²) in [6.45, 7) is 0. The van der Waals surface area contributed by atoms with Gasteiger partial charge in [-0.3, -0.25) is 0 Å². The van der Waals surface area contributed by atoms with Crippen molar-refractivity contribution in [3.8, 4) is 33.6 Å². The van der Waals surface area contributed by atoms with Crippen molar-refractivity contribution in [2.24, 2.45) is 0 Å². The molecule has 0 aliphatic rings. The highest BCUT2D eigenvalue weighted by molar-refractivity contribution is 6.11. The van der Waals surface area contributed by atoms with E-state index in [1.165, 1.54) is 54.7 Å². The van der Waals surface area contributed by atoms with Crippen molar-refractivity contribution in [1.82, 2.24) is 9.13 Å². The highest BCUT2D eigenvalue weighted by Crippen LogP contribution is 2.41. The second-order valence-electron chi connectivity index (χ2n) is 16.5. The van der Waals surface area contributed by atoms with Crippen LogP contribution in [0.1, 0.15) is 0 Å². The number of furan rings is 1.